The molecule has 1 N–H and O–H groups in total. The Labute approximate surface area is 126 Å². The largest absolute Gasteiger partial charge is 0.405 e. The number of anilines is 1. The third kappa shape index (κ3) is 4.66. The zero-order valence-corrected chi connectivity index (χ0v) is 13.6. The minimum Gasteiger partial charge on any atom is -0.359 e. The van der Waals surface area contributed by atoms with Crippen LogP contribution in [0.1, 0.15) is 32.4 Å². The SMILES string of the molecule is CNC(C)c1ccc(N(CC(F)(F)F)C(C)C)c(Br)c1. The summed E-state index contributed by atoms with van der Waals surface area (Å²) in [6.45, 7) is 4.55. The lowest BCUT2D eigenvalue weighted by Crippen LogP contribution is -2.39. The minimum atomic E-state index is -4.22. The second kappa shape index (κ2) is 6.80. The molecule has 1 aromatic rings. The summed E-state index contributed by atoms with van der Waals surface area (Å²) >= 11 is 3.38. The van der Waals surface area contributed by atoms with Crippen molar-refractivity contribution in [1.29, 1.82) is 0 Å². The maximum atomic E-state index is 12.7. The van der Waals surface area contributed by atoms with Gasteiger partial charge in [-0.25, -0.2) is 0 Å². The highest BCUT2D eigenvalue weighted by molar-refractivity contribution is 9.10. The molecule has 114 valence electrons. The molecule has 2 nitrogen and oxygen atoms in total. The summed E-state index contributed by atoms with van der Waals surface area (Å²) in [7, 11) is 1.84. The van der Waals surface area contributed by atoms with Gasteiger partial charge < -0.3 is 10.2 Å². The summed E-state index contributed by atoms with van der Waals surface area (Å²) < 4.78 is 38.7. The minimum absolute atomic E-state index is 0.149. The van der Waals surface area contributed by atoms with Gasteiger partial charge in [-0.15, -0.1) is 0 Å². The highest BCUT2D eigenvalue weighted by Crippen LogP contribution is 2.32. The van der Waals surface area contributed by atoms with Gasteiger partial charge in [0.25, 0.3) is 0 Å². The Balaban J connectivity index is 3.09. The Morgan fingerprint density at radius 1 is 1.25 bits per heavy atom. The summed E-state index contributed by atoms with van der Waals surface area (Å²) in [5.41, 5.74) is 1.59. The fourth-order valence-corrected chi connectivity index (χ4v) is 2.56. The normalized spacial score (nSPS) is 13.7. The molecule has 1 atom stereocenters. The van der Waals surface area contributed by atoms with E-state index in [9.17, 15) is 13.2 Å². The predicted molar refractivity (Wildman–Crippen MR) is 80.2 cm³/mol. The molecule has 1 unspecified atom stereocenters. The van der Waals surface area contributed by atoms with Gasteiger partial charge >= 0.3 is 6.18 Å². The van der Waals surface area contributed by atoms with Crippen LogP contribution < -0.4 is 10.2 Å². The number of alkyl halides is 3. The Morgan fingerprint density at radius 3 is 2.25 bits per heavy atom. The zero-order chi connectivity index (χ0) is 15.5. The lowest BCUT2D eigenvalue weighted by molar-refractivity contribution is -0.120. The molecular weight excluding hydrogens is 333 g/mol. The molecule has 0 aromatic heterocycles. The lowest BCUT2D eigenvalue weighted by Gasteiger charge is -2.31. The van der Waals surface area contributed by atoms with Crippen LogP contribution in [0, 0.1) is 0 Å². The van der Waals surface area contributed by atoms with Gasteiger partial charge in [-0.3, -0.25) is 0 Å². The van der Waals surface area contributed by atoms with Crippen molar-refractivity contribution in [3.8, 4) is 0 Å². The zero-order valence-electron chi connectivity index (χ0n) is 12.1. The molecule has 0 aliphatic carbocycles. The van der Waals surface area contributed by atoms with Crippen LogP contribution in [0.4, 0.5) is 18.9 Å². The first-order valence-corrected chi connectivity index (χ1v) is 7.25. The standard InChI is InChI=1S/C14H20BrF3N2/c1-9(2)20(8-14(16,17)18)13-6-5-11(7-12(13)15)10(3)19-4/h5-7,9-10,19H,8H2,1-4H3. The van der Waals surface area contributed by atoms with E-state index in [0.717, 1.165) is 5.56 Å². The second-order valence-corrected chi connectivity index (χ2v) is 5.91. The highest BCUT2D eigenvalue weighted by Gasteiger charge is 2.32. The van der Waals surface area contributed by atoms with Crippen molar-refractivity contribution in [2.45, 2.75) is 39.0 Å². The van der Waals surface area contributed by atoms with E-state index >= 15 is 0 Å². The van der Waals surface area contributed by atoms with Crippen molar-refractivity contribution in [3.63, 3.8) is 0 Å². The maximum Gasteiger partial charge on any atom is 0.405 e. The number of rotatable bonds is 5. The Kier molecular flexibility index (Phi) is 5.89. The van der Waals surface area contributed by atoms with E-state index < -0.39 is 12.7 Å². The number of nitrogens with one attached hydrogen (secondary N) is 1. The summed E-state index contributed by atoms with van der Waals surface area (Å²) in [6, 6.07) is 5.37. The average molecular weight is 353 g/mol. The van der Waals surface area contributed by atoms with Crippen LogP contribution in [0.3, 0.4) is 0 Å². The van der Waals surface area contributed by atoms with Crippen molar-refractivity contribution >= 4 is 21.6 Å². The van der Waals surface area contributed by atoms with Gasteiger partial charge in [-0.1, -0.05) is 6.07 Å². The van der Waals surface area contributed by atoms with Gasteiger partial charge in [-0.05, 0) is 61.4 Å². The monoisotopic (exact) mass is 352 g/mol. The third-order valence-electron chi connectivity index (χ3n) is 3.19. The van der Waals surface area contributed by atoms with Gasteiger partial charge in [0, 0.05) is 16.6 Å². The van der Waals surface area contributed by atoms with E-state index in [0.29, 0.717) is 10.2 Å². The quantitative estimate of drug-likeness (QED) is 0.838. The molecule has 0 aliphatic heterocycles. The van der Waals surface area contributed by atoms with Crippen LogP contribution >= 0.6 is 15.9 Å². The number of benzene rings is 1. The molecular formula is C14H20BrF3N2. The van der Waals surface area contributed by atoms with Crippen LogP contribution in [-0.2, 0) is 0 Å². The Hall–Kier alpha value is -0.750. The van der Waals surface area contributed by atoms with Crippen LogP contribution in [0.25, 0.3) is 0 Å². The van der Waals surface area contributed by atoms with E-state index in [-0.39, 0.29) is 12.1 Å². The average Bonchev–Trinajstić information content (AvgIpc) is 2.34. The molecule has 0 fully saturated rings. The van der Waals surface area contributed by atoms with Crippen molar-refractivity contribution < 1.29 is 13.2 Å². The first-order valence-electron chi connectivity index (χ1n) is 6.45. The van der Waals surface area contributed by atoms with Gasteiger partial charge in [0.2, 0.25) is 0 Å². The van der Waals surface area contributed by atoms with Crippen molar-refractivity contribution in [2.75, 3.05) is 18.5 Å². The predicted octanol–water partition coefficient (Wildman–Crippen LogP) is 4.51. The van der Waals surface area contributed by atoms with Crippen molar-refractivity contribution in [1.82, 2.24) is 5.32 Å². The number of halogens is 4. The summed E-state index contributed by atoms with van der Waals surface area (Å²) in [5, 5.41) is 3.10. The first kappa shape index (κ1) is 17.3. The van der Waals surface area contributed by atoms with E-state index in [1.54, 1.807) is 19.9 Å². The molecule has 0 bridgehead atoms. The van der Waals surface area contributed by atoms with Crippen LogP contribution in [0.5, 0.6) is 0 Å². The number of hydrogen-bond acceptors (Lipinski definition) is 2. The van der Waals surface area contributed by atoms with Gasteiger partial charge in [-0.2, -0.15) is 13.2 Å². The molecule has 1 aromatic carbocycles. The maximum absolute atomic E-state index is 12.7. The second-order valence-electron chi connectivity index (χ2n) is 5.06. The summed E-state index contributed by atoms with van der Waals surface area (Å²) in [4.78, 5) is 1.35. The summed E-state index contributed by atoms with van der Waals surface area (Å²) in [5.74, 6) is 0. The smallest absolute Gasteiger partial charge is 0.359 e. The van der Waals surface area contributed by atoms with E-state index in [1.165, 1.54) is 4.90 Å². The number of nitrogens with zero attached hydrogens (tertiary/aromatic N) is 1. The number of hydrogen-bond donors (Lipinski definition) is 1. The molecule has 0 spiro atoms. The topological polar surface area (TPSA) is 15.3 Å². The molecule has 1 rings (SSSR count). The van der Waals surface area contributed by atoms with E-state index in [4.69, 9.17) is 0 Å². The van der Waals surface area contributed by atoms with Gasteiger partial charge in [0.15, 0.2) is 0 Å². The van der Waals surface area contributed by atoms with Crippen LogP contribution in [0.2, 0.25) is 0 Å². The molecule has 0 saturated heterocycles. The Morgan fingerprint density at radius 2 is 1.85 bits per heavy atom. The fraction of sp³-hybridized carbons (Fsp3) is 0.571. The molecule has 0 heterocycles. The molecule has 0 aliphatic rings. The molecule has 20 heavy (non-hydrogen) atoms. The van der Waals surface area contributed by atoms with Crippen molar-refractivity contribution in [2.24, 2.45) is 0 Å². The molecule has 0 saturated carbocycles. The fourth-order valence-electron chi connectivity index (χ4n) is 1.93. The van der Waals surface area contributed by atoms with Crippen LogP contribution in [-0.4, -0.2) is 25.8 Å². The third-order valence-corrected chi connectivity index (χ3v) is 3.82. The molecule has 0 radical (unpaired) electrons. The Bertz CT molecular complexity index is 447. The van der Waals surface area contributed by atoms with E-state index in [1.807, 2.05) is 26.1 Å². The van der Waals surface area contributed by atoms with E-state index in [2.05, 4.69) is 21.2 Å². The highest BCUT2D eigenvalue weighted by atomic mass is 79.9. The van der Waals surface area contributed by atoms with Crippen LogP contribution in [0.15, 0.2) is 22.7 Å². The first-order chi connectivity index (χ1) is 9.15. The molecule has 6 heteroatoms. The van der Waals surface area contributed by atoms with Gasteiger partial charge in [0.05, 0.1) is 5.69 Å². The molecule has 0 amide bonds. The lowest BCUT2D eigenvalue weighted by atomic mass is 10.1. The van der Waals surface area contributed by atoms with Gasteiger partial charge in [0.1, 0.15) is 6.54 Å². The summed E-state index contributed by atoms with van der Waals surface area (Å²) in [6.07, 6.45) is -4.22. The van der Waals surface area contributed by atoms with Crippen molar-refractivity contribution in [3.05, 3.63) is 28.2 Å².